The van der Waals surface area contributed by atoms with Crippen molar-refractivity contribution in [2.24, 2.45) is 5.41 Å². The molecule has 0 radical (unpaired) electrons. The van der Waals surface area contributed by atoms with Crippen molar-refractivity contribution in [2.45, 2.75) is 110 Å². The number of rotatable bonds is 14. The first-order valence-corrected chi connectivity index (χ1v) is 12.2. The molecule has 1 unspecified atom stereocenters. The molecule has 170 valence electrons. The van der Waals surface area contributed by atoms with Gasteiger partial charge in [0.15, 0.2) is 0 Å². The second-order valence-electron chi connectivity index (χ2n) is 8.92. The van der Waals surface area contributed by atoms with Gasteiger partial charge in [0.1, 0.15) is 24.3 Å². The van der Waals surface area contributed by atoms with E-state index in [0.29, 0.717) is 17.9 Å². The number of esters is 1. The zero-order chi connectivity index (χ0) is 21.7. The average molecular weight is 421 g/mol. The number of alkyl halides is 1. The van der Waals surface area contributed by atoms with Gasteiger partial charge in [-0.3, -0.25) is 4.79 Å². The Morgan fingerprint density at radius 3 is 2.23 bits per heavy atom. The van der Waals surface area contributed by atoms with Gasteiger partial charge < -0.3 is 9.47 Å². The Balaban J connectivity index is 1.82. The van der Waals surface area contributed by atoms with Gasteiger partial charge in [-0.2, -0.15) is 0 Å². The van der Waals surface area contributed by atoms with Crippen molar-refractivity contribution in [2.75, 3.05) is 6.61 Å². The maximum absolute atomic E-state index is 13.9. The predicted octanol–water partition coefficient (Wildman–Crippen LogP) is 7.81. The maximum Gasteiger partial charge on any atom is 0.317 e. The van der Waals surface area contributed by atoms with Crippen molar-refractivity contribution in [3.8, 4) is 11.5 Å². The fraction of sp³-hybridized carbons (Fsp3) is 0.731. The van der Waals surface area contributed by atoms with E-state index in [9.17, 15) is 9.18 Å². The molecule has 4 heteroatoms. The number of carbonyl (C=O) groups excluding carboxylic acids is 1. The van der Waals surface area contributed by atoms with Crippen LogP contribution in [0.15, 0.2) is 24.3 Å². The van der Waals surface area contributed by atoms with Crippen LogP contribution >= 0.6 is 0 Å². The molecular weight excluding hydrogens is 379 g/mol. The second-order valence-corrected chi connectivity index (χ2v) is 8.92. The van der Waals surface area contributed by atoms with Gasteiger partial charge in [-0.25, -0.2) is 4.39 Å². The molecule has 0 amide bonds. The van der Waals surface area contributed by atoms with E-state index in [-0.39, 0.29) is 18.0 Å². The highest BCUT2D eigenvalue weighted by Gasteiger charge is 2.40. The standard InChI is InChI=1S/C26H41FO3/c1-3-5-7-9-13-22(27)21-29-23-14-16-24(17-15-23)30-25(28)26(18-10-6-4-2)19-11-8-12-20-26/h14-17,22H,3-13,18-21H2,1-2H3. The van der Waals surface area contributed by atoms with Crippen molar-refractivity contribution in [3.63, 3.8) is 0 Å². The largest absolute Gasteiger partial charge is 0.491 e. The van der Waals surface area contributed by atoms with Gasteiger partial charge in [-0.05, 0) is 49.9 Å². The maximum atomic E-state index is 13.9. The van der Waals surface area contributed by atoms with Crippen LogP contribution in [-0.4, -0.2) is 18.7 Å². The molecule has 2 rings (SSSR count). The van der Waals surface area contributed by atoms with Gasteiger partial charge in [-0.1, -0.05) is 78.1 Å². The van der Waals surface area contributed by atoms with Gasteiger partial charge in [0, 0.05) is 0 Å². The van der Waals surface area contributed by atoms with E-state index in [0.717, 1.165) is 77.0 Å². The summed E-state index contributed by atoms with van der Waals surface area (Å²) in [6.45, 7) is 4.41. The summed E-state index contributed by atoms with van der Waals surface area (Å²) in [6.07, 6.45) is 13.6. The van der Waals surface area contributed by atoms with Crippen molar-refractivity contribution < 1.29 is 18.7 Å². The summed E-state index contributed by atoms with van der Waals surface area (Å²) < 4.78 is 25.3. The summed E-state index contributed by atoms with van der Waals surface area (Å²) >= 11 is 0. The number of carbonyl (C=O) groups is 1. The lowest BCUT2D eigenvalue weighted by Crippen LogP contribution is -2.37. The molecule has 30 heavy (non-hydrogen) atoms. The minimum atomic E-state index is -0.936. The molecule has 0 heterocycles. The molecule has 0 N–H and O–H groups in total. The van der Waals surface area contributed by atoms with E-state index < -0.39 is 6.17 Å². The highest BCUT2D eigenvalue weighted by Crippen LogP contribution is 2.42. The summed E-state index contributed by atoms with van der Waals surface area (Å²) in [7, 11) is 0. The van der Waals surface area contributed by atoms with Crippen LogP contribution in [0.25, 0.3) is 0 Å². The Hall–Kier alpha value is -1.58. The zero-order valence-electron chi connectivity index (χ0n) is 19.1. The van der Waals surface area contributed by atoms with Gasteiger partial charge in [0.05, 0.1) is 5.41 Å². The van der Waals surface area contributed by atoms with Crippen LogP contribution in [0.4, 0.5) is 4.39 Å². The summed E-state index contributed by atoms with van der Waals surface area (Å²) in [4.78, 5) is 13.0. The fourth-order valence-corrected chi connectivity index (χ4v) is 4.38. The van der Waals surface area contributed by atoms with Crippen molar-refractivity contribution >= 4 is 5.97 Å². The smallest absolute Gasteiger partial charge is 0.317 e. The Morgan fingerprint density at radius 2 is 1.57 bits per heavy atom. The molecule has 0 aromatic heterocycles. The van der Waals surface area contributed by atoms with Crippen molar-refractivity contribution in [3.05, 3.63) is 24.3 Å². The SMILES string of the molecule is CCCCCCC(F)COc1ccc(OC(=O)C2(CCCCC)CCCCC2)cc1. The third kappa shape index (κ3) is 8.28. The van der Waals surface area contributed by atoms with Crippen LogP contribution in [0.5, 0.6) is 11.5 Å². The molecular formula is C26H41FO3. The first-order chi connectivity index (χ1) is 14.6. The molecule has 0 spiro atoms. The molecule has 1 atom stereocenters. The van der Waals surface area contributed by atoms with E-state index >= 15 is 0 Å². The molecule has 1 aromatic carbocycles. The third-order valence-electron chi connectivity index (χ3n) is 6.34. The lowest BCUT2D eigenvalue weighted by molar-refractivity contribution is -0.148. The Bertz CT molecular complexity index is 593. The van der Waals surface area contributed by atoms with E-state index in [2.05, 4.69) is 13.8 Å². The van der Waals surface area contributed by atoms with Crippen LogP contribution < -0.4 is 9.47 Å². The number of unbranched alkanes of at least 4 members (excludes halogenated alkanes) is 5. The van der Waals surface area contributed by atoms with Crippen LogP contribution in [0.3, 0.4) is 0 Å². The van der Waals surface area contributed by atoms with Gasteiger partial charge >= 0.3 is 5.97 Å². The quantitative estimate of drug-likeness (QED) is 0.175. The molecule has 1 aliphatic rings. The number of halogens is 1. The van der Waals surface area contributed by atoms with E-state index in [1.54, 1.807) is 24.3 Å². The van der Waals surface area contributed by atoms with E-state index in [1.165, 1.54) is 6.42 Å². The summed E-state index contributed by atoms with van der Waals surface area (Å²) in [5.74, 6) is 1.08. The highest BCUT2D eigenvalue weighted by molar-refractivity contribution is 5.79. The van der Waals surface area contributed by atoms with Gasteiger partial charge in [0.25, 0.3) is 0 Å². The predicted molar refractivity (Wildman–Crippen MR) is 121 cm³/mol. The number of benzene rings is 1. The lowest BCUT2D eigenvalue weighted by Gasteiger charge is -2.35. The van der Waals surface area contributed by atoms with E-state index in [4.69, 9.17) is 9.47 Å². The third-order valence-corrected chi connectivity index (χ3v) is 6.34. The van der Waals surface area contributed by atoms with Crippen LogP contribution in [0.2, 0.25) is 0 Å². The Labute approximate surface area is 182 Å². The van der Waals surface area contributed by atoms with Crippen molar-refractivity contribution in [1.29, 1.82) is 0 Å². The Morgan fingerprint density at radius 1 is 0.933 bits per heavy atom. The molecule has 0 saturated heterocycles. The van der Waals surface area contributed by atoms with Crippen LogP contribution in [0, 0.1) is 5.41 Å². The molecule has 0 bridgehead atoms. The molecule has 1 fully saturated rings. The minimum absolute atomic E-state index is 0.0752. The highest BCUT2D eigenvalue weighted by atomic mass is 19.1. The second kappa shape index (κ2) is 13.7. The number of ether oxygens (including phenoxy) is 2. The molecule has 0 aliphatic heterocycles. The number of hydrogen-bond donors (Lipinski definition) is 0. The molecule has 1 aromatic rings. The topological polar surface area (TPSA) is 35.5 Å². The molecule has 1 aliphatic carbocycles. The Kier molecular flexibility index (Phi) is 11.2. The zero-order valence-corrected chi connectivity index (χ0v) is 19.1. The lowest BCUT2D eigenvalue weighted by atomic mass is 9.71. The first-order valence-electron chi connectivity index (χ1n) is 12.2. The van der Waals surface area contributed by atoms with Gasteiger partial charge in [0.2, 0.25) is 0 Å². The minimum Gasteiger partial charge on any atom is -0.491 e. The summed E-state index contributed by atoms with van der Waals surface area (Å²) in [5.41, 5.74) is -0.318. The van der Waals surface area contributed by atoms with E-state index in [1.807, 2.05) is 0 Å². The summed E-state index contributed by atoms with van der Waals surface area (Å²) in [6, 6.07) is 7.03. The normalized spacial score (nSPS) is 16.8. The number of hydrogen-bond acceptors (Lipinski definition) is 3. The van der Waals surface area contributed by atoms with Crippen LogP contribution in [0.1, 0.15) is 104 Å². The molecule has 1 saturated carbocycles. The summed E-state index contributed by atoms with van der Waals surface area (Å²) in [5, 5.41) is 0. The monoisotopic (exact) mass is 420 g/mol. The van der Waals surface area contributed by atoms with Crippen LogP contribution in [-0.2, 0) is 4.79 Å². The average Bonchev–Trinajstić information content (AvgIpc) is 2.77. The van der Waals surface area contributed by atoms with Crippen molar-refractivity contribution in [1.82, 2.24) is 0 Å². The fourth-order valence-electron chi connectivity index (χ4n) is 4.38. The molecule has 3 nitrogen and oxygen atoms in total. The first kappa shape index (κ1) is 24.7. The van der Waals surface area contributed by atoms with Gasteiger partial charge in [-0.15, -0.1) is 0 Å².